The van der Waals surface area contributed by atoms with Gasteiger partial charge in [-0.05, 0) is 42.3 Å². The highest BCUT2D eigenvalue weighted by molar-refractivity contribution is 6.23. The molecule has 5 rings (SSSR count). The number of carbonyl (C=O) groups is 3. The van der Waals surface area contributed by atoms with Gasteiger partial charge in [-0.1, -0.05) is 36.4 Å². The summed E-state index contributed by atoms with van der Waals surface area (Å²) in [4.78, 5) is 45.1. The van der Waals surface area contributed by atoms with Crippen LogP contribution in [0.1, 0.15) is 22.5 Å². The van der Waals surface area contributed by atoms with Crippen molar-refractivity contribution in [3.8, 4) is 0 Å². The molecule has 0 spiro atoms. The maximum absolute atomic E-state index is 13.3. The Balaban J connectivity index is 1.44. The molecule has 0 saturated carbocycles. The van der Waals surface area contributed by atoms with Crippen molar-refractivity contribution in [1.82, 2.24) is 9.88 Å². The zero-order chi connectivity index (χ0) is 22.1. The van der Waals surface area contributed by atoms with Crippen LogP contribution in [0.3, 0.4) is 0 Å². The number of para-hydroxylation sites is 2. The molecule has 3 amide bonds. The van der Waals surface area contributed by atoms with Gasteiger partial charge in [0.2, 0.25) is 5.91 Å². The molecule has 0 bridgehead atoms. The van der Waals surface area contributed by atoms with Gasteiger partial charge in [-0.3, -0.25) is 14.4 Å². The second kappa shape index (κ2) is 8.19. The monoisotopic (exact) mass is 427 g/mol. The van der Waals surface area contributed by atoms with E-state index >= 15 is 0 Å². The minimum atomic E-state index is -0.884. The van der Waals surface area contributed by atoms with Gasteiger partial charge in [0.15, 0.2) is 5.76 Å². The first-order valence-corrected chi connectivity index (χ1v) is 10.4. The van der Waals surface area contributed by atoms with Crippen molar-refractivity contribution in [2.75, 3.05) is 11.4 Å². The zero-order valence-corrected chi connectivity index (χ0v) is 17.2. The normalized spacial score (nSPS) is 16.1. The minimum absolute atomic E-state index is 0.0614. The second-order valence-corrected chi connectivity index (χ2v) is 7.71. The first kappa shape index (κ1) is 19.8. The van der Waals surface area contributed by atoms with Gasteiger partial charge in [0.1, 0.15) is 6.04 Å². The number of nitrogens with one attached hydrogen (secondary N) is 1. The predicted molar refractivity (Wildman–Crippen MR) is 119 cm³/mol. The Kier molecular flexibility index (Phi) is 5.07. The number of H-pyrrole nitrogens is 1. The van der Waals surface area contributed by atoms with Crippen LogP contribution < -0.4 is 4.90 Å². The van der Waals surface area contributed by atoms with Gasteiger partial charge in [0.25, 0.3) is 11.8 Å². The number of rotatable bonds is 6. The molecule has 1 N–H and O–H groups in total. The summed E-state index contributed by atoms with van der Waals surface area (Å²) in [5.41, 5.74) is 2.55. The molecule has 1 atom stereocenters. The topological polar surface area (TPSA) is 86.6 Å². The molecule has 0 radical (unpaired) electrons. The van der Waals surface area contributed by atoms with E-state index in [4.69, 9.17) is 4.42 Å². The molecule has 0 aliphatic carbocycles. The number of hydrogen-bond acceptors (Lipinski definition) is 4. The minimum Gasteiger partial charge on any atom is -0.459 e. The largest absolute Gasteiger partial charge is 0.459 e. The number of benzene rings is 2. The molecule has 1 aliphatic rings. The van der Waals surface area contributed by atoms with Gasteiger partial charge >= 0.3 is 0 Å². The number of aromatic amines is 1. The molecule has 7 heteroatoms. The van der Waals surface area contributed by atoms with Gasteiger partial charge in [0, 0.05) is 23.6 Å². The molecule has 4 aromatic rings. The van der Waals surface area contributed by atoms with Crippen molar-refractivity contribution in [3.05, 3.63) is 90.5 Å². The van der Waals surface area contributed by atoms with E-state index in [2.05, 4.69) is 4.98 Å². The van der Waals surface area contributed by atoms with E-state index in [0.717, 1.165) is 16.5 Å². The number of aromatic nitrogens is 1. The predicted octanol–water partition coefficient (Wildman–Crippen LogP) is 3.78. The third kappa shape index (κ3) is 3.47. The zero-order valence-electron chi connectivity index (χ0n) is 17.2. The summed E-state index contributed by atoms with van der Waals surface area (Å²) in [6.07, 6.45) is 3.80. The maximum Gasteiger partial charge on any atom is 0.290 e. The van der Waals surface area contributed by atoms with E-state index in [1.165, 1.54) is 16.1 Å². The molecule has 2 aromatic heterocycles. The second-order valence-electron chi connectivity index (χ2n) is 7.71. The fourth-order valence-electron chi connectivity index (χ4n) is 4.23. The van der Waals surface area contributed by atoms with E-state index in [1.807, 2.05) is 36.5 Å². The molecule has 7 nitrogen and oxygen atoms in total. The number of furan rings is 1. The van der Waals surface area contributed by atoms with Crippen molar-refractivity contribution >= 4 is 34.3 Å². The number of carbonyl (C=O) groups excluding carboxylic acids is 3. The quantitative estimate of drug-likeness (QED) is 0.475. The number of nitrogens with zero attached hydrogens (tertiary/aromatic N) is 2. The van der Waals surface area contributed by atoms with Gasteiger partial charge in [-0.25, -0.2) is 4.90 Å². The Morgan fingerprint density at radius 3 is 2.59 bits per heavy atom. The molecule has 1 fully saturated rings. The third-order valence-electron chi connectivity index (χ3n) is 5.80. The molecule has 3 heterocycles. The molecular formula is C25H21N3O4. The van der Waals surface area contributed by atoms with Crippen LogP contribution in [0.25, 0.3) is 10.9 Å². The average molecular weight is 427 g/mol. The van der Waals surface area contributed by atoms with Crippen molar-refractivity contribution in [2.45, 2.75) is 18.9 Å². The summed E-state index contributed by atoms with van der Waals surface area (Å²) in [6.45, 7) is 0.272. The van der Waals surface area contributed by atoms with Crippen LogP contribution >= 0.6 is 0 Å². The number of anilines is 1. The van der Waals surface area contributed by atoms with Crippen LogP contribution in [-0.4, -0.2) is 40.2 Å². The number of imide groups is 1. The number of hydrogen-bond donors (Lipinski definition) is 1. The molecule has 1 aliphatic heterocycles. The van der Waals surface area contributed by atoms with Crippen molar-refractivity contribution in [1.29, 1.82) is 0 Å². The highest BCUT2D eigenvalue weighted by Crippen LogP contribution is 2.27. The fourth-order valence-corrected chi connectivity index (χ4v) is 4.23. The van der Waals surface area contributed by atoms with Crippen LogP contribution in [0.5, 0.6) is 0 Å². The maximum atomic E-state index is 13.3. The number of fused-ring (bicyclic) bond motifs is 1. The van der Waals surface area contributed by atoms with Crippen LogP contribution in [-0.2, 0) is 16.0 Å². The van der Waals surface area contributed by atoms with E-state index in [9.17, 15) is 14.4 Å². The van der Waals surface area contributed by atoms with E-state index < -0.39 is 17.9 Å². The van der Waals surface area contributed by atoms with Crippen molar-refractivity contribution in [2.24, 2.45) is 0 Å². The molecule has 160 valence electrons. The highest BCUT2D eigenvalue weighted by atomic mass is 16.3. The summed E-state index contributed by atoms with van der Waals surface area (Å²) < 4.78 is 5.31. The first-order chi connectivity index (χ1) is 15.6. The lowest BCUT2D eigenvalue weighted by atomic mass is 10.1. The van der Waals surface area contributed by atoms with Gasteiger partial charge < -0.3 is 14.3 Å². The Hall–Kier alpha value is -4.13. The van der Waals surface area contributed by atoms with E-state index in [0.29, 0.717) is 12.1 Å². The Bertz CT molecular complexity index is 1280. The fraction of sp³-hybridized carbons (Fsp3) is 0.160. The summed E-state index contributed by atoms with van der Waals surface area (Å²) in [6, 6.07) is 19.0. The van der Waals surface area contributed by atoms with Gasteiger partial charge in [-0.15, -0.1) is 0 Å². The highest BCUT2D eigenvalue weighted by Gasteiger charge is 2.44. The average Bonchev–Trinajstić information content (AvgIpc) is 3.55. The molecule has 32 heavy (non-hydrogen) atoms. The Morgan fingerprint density at radius 2 is 1.81 bits per heavy atom. The number of amides is 3. The first-order valence-electron chi connectivity index (χ1n) is 10.4. The van der Waals surface area contributed by atoms with E-state index in [-0.39, 0.29) is 24.6 Å². The van der Waals surface area contributed by atoms with Gasteiger partial charge in [-0.2, -0.15) is 0 Å². The summed E-state index contributed by atoms with van der Waals surface area (Å²) >= 11 is 0. The standard InChI is InChI=1S/C25H21N3O4/c29-23-15-21(24(30)28(23)18-7-2-1-3-8-18)27(25(31)22-11-6-14-32-22)13-12-17-16-26-20-10-5-4-9-19(17)20/h1-11,14,16,21,26H,12-13,15H2. The molecule has 1 unspecified atom stereocenters. The summed E-state index contributed by atoms with van der Waals surface area (Å²) in [7, 11) is 0. The van der Waals surface area contributed by atoms with Crippen LogP contribution in [0, 0.1) is 0 Å². The molecular weight excluding hydrogens is 406 g/mol. The van der Waals surface area contributed by atoms with E-state index in [1.54, 1.807) is 36.4 Å². The Labute approximate surface area is 184 Å². The SMILES string of the molecule is O=C1CC(N(CCc2c[nH]c3ccccc23)C(=O)c2ccco2)C(=O)N1c1ccccc1. The third-order valence-corrected chi connectivity index (χ3v) is 5.80. The lowest BCUT2D eigenvalue weighted by Crippen LogP contribution is -2.46. The summed E-state index contributed by atoms with van der Waals surface area (Å²) in [5.74, 6) is -0.992. The lowest BCUT2D eigenvalue weighted by Gasteiger charge is -2.27. The van der Waals surface area contributed by atoms with Crippen LogP contribution in [0.2, 0.25) is 0 Å². The van der Waals surface area contributed by atoms with Gasteiger partial charge in [0.05, 0.1) is 18.4 Å². The summed E-state index contributed by atoms with van der Waals surface area (Å²) in [5, 5.41) is 1.07. The molecule has 1 saturated heterocycles. The van der Waals surface area contributed by atoms with Crippen molar-refractivity contribution in [3.63, 3.8) is 0 Å². The smallest absolute Gasteiger partial charge is 0.290 e. The van der Waals surface area contributed by atoms with Crippen molar-refractivity contribution < 1.29 is 18.8 Å². The lowest BCUT2D eigenvalue weighted by molar-refractivity contribution is -0.122. The Morgan fingerprint density at radius 1 is 1.03 bits per heavy atom. The van der Waals surface area contributed by atoms with Crippen LogP contribution in [0.15, 0.2) is 83.6 Å². The van der Waals surface area contributed by atoms with Crippen LogP contribution in [0.4, 0.5) is 5.69 Å². The molecule has 2 aromatic carbocycles.